The molecule has 1 aromatic carbocycles. The Kier molecular flexibility index (Phi) is 5.94. The van der Waals surface area contributed by atoms with E-state index in [-0.39, 0.29) is 11.8 Å². The number of halogens is 2. The van der Waals surface area contributed by atoms with Crippen molar-refractivity contribution >= 4 is 27.5 Å². The number of carbonyl (C=O) groups is 1. The van der Waals surface area contributed by atoms with Crippen molar-refractivity contribution in [2.24, 2.45) is 17.6 Å². The summed E-state index contributed by atoms with van der Waals surface area (Å²) in [6.45, 7) is 6.20. The summed E-state index contributed by atoms with van der Waals surface area (Å²) in [5.74, 6) is -0.400. The van der Waals surface area contributed by atoms with Crippen molar-refractivity contribution < 1.29 is 9.18 Å². The van der Waals surface area contributed by atoms with E-state index < -0.39 is 5.82 Å². The SMILES string of the molecule is Cc1cc(Br)c(F)cc1NC(=O)C(CN)CC(C)C. The maximum atomic E-state index is 13.5. The van der Waals surface area contributed by atoms with Crippen LogP contribution >= 0.6 is 15.9 Å². The number of benzene rings is 1. The van der Waals surface area contributed by atoms with Crippen molar-refractivity contribution in [3.05, 3.63) is 28.0 Å². The first-order valence-corrected chi connectivity index (χ1v) is 7.11. The molecule has 0 saturated heterocycles. The molecule has 106 valence electrons. The number of rotatable bonds is 5. The molecular weight excluding hydrogens is 311 g/mol. The fourth-order valence-electron chi connectivity index (χ4n) is 1.90. The second-order valence-corrected chi connectivity index (χ2v) is 5.99. The Bertz CT molecular complexity index is 463. The van der Waals surface area contributed by atoms with E-state index in [4.69, 9.17) is 5.73 Å². The van der Waals surface area contributed by atoms with Crippen LogP contribution in [0.1, 0.15) is 25.8 Å². The summed E-state index contributed by atoms with van der Waals surface area (Å²) < 4.78 is 13.9. The number of anilines is 1. The van der Waals surface area contributed by atoms with Crippen LogP contribution in [0.2, 0.25) is 0 Å². The van der Waals surface area contributed by atoms with E-state index in [9.17, 15) is 9.18 Å². The molecule has 3 nitrogen and oxygen atoms in total. The van der Waals surface area contributed by atoms with Gasteiger partial charge in [0.15, 0.2) is 0 Å². The molecule has 0 aromatic heterocycles. The Labute approximate surface area is 121 Å². The Balaban J connectivity index is 2.84. The molecule has 1 amide bonds. The second kappa shape index (κ2) is 7.01. The van der Waals surface area contributed by atoms with Crippen LogP contribution in [0.15, 0.2) is 16.6 Å². The minimum Gasteiger partial charge on any atom is -0.330 e. The first-order valence-electron chi connectivity index (χ1n) is 6.31. The number of amides is 1. The minimum absolute atomic E-state index is 0.152. The summed E-state index contributed by atoms with van der Waals surface area (Å²) >= 11 is 3.11. The van der Waals surface area contributed by atoms with E-state index in [0.29, 0.717) is 22.6 Å². The van der Waals surface area contributed by atoms with Crippen molar-refractivity contribution in [2.75, 3.05) is 11.9 Å². The minimum atomic E-state index is -0.394. The lowest BCUT2D eigenvalue weighted by Crippen LogP contribution is -2.30. The third-order valence-electron chi connectivity index (χ3n) is 2.94. The Morgan fingerprint density at radius 3 is 2.63 bits per heavy atom. The average molecular weight is 331 g/mol. The van der Waals surface area contributed by atoms with Crippen LogP contribution in [0.3, 0.4) is 0 Å². The van der Waals surface area contributed by atoms with Crippen LogP contribution in [-0.4, -0.2) is 12.5 Å². The molecule has 0 aliphatic rings. The number of hydrogen-bond donors (Lipinski definition) is 2. The molecule has 1 rings (SSSR count). The van der Waals surface area contributed by atoms with Crippen LogP contribution in [0.5, 0.6) is 0 Å². The fourth-order valence-corrected chi connectivity index (χ4v) is 2.35. The third kappa shape index (κ3) is 4.58. The molecule has 0 aliphatic heterocycles. The molecule has 19 heavy (non-hydrogen) atoms. The molecule has 1 atom stereocenters. The normalized spacial score (nSPS) is 12.6. The van der Waals surface area contributed by atoms with Gasteiger partial charge in [-0.15, -0.1) is 0 Å². The predicted octanol–water partition coefficient (Wildman–Crippen LogP) is 3.46. The monoisotopic (exact) mass is 330 g/mol. The smallest absolute Gasteiger partial charge is 0.228 e. The van der Waals surface area contributed by atoms with Crippen molar-refractivity contribution in [3.8, 4) is 0 Å². The van der Waals surface area contributed by atoms with Crippen LogP contribution < -0.4 is 11.1 Å². The summed E-state index contributed by atoms with van der Waals surface area (Å²) in [5.41, 5.74) is 6.93. The first-order chi connectivity index (χ1) is 8.85. The Hall–Kier alpha value is -0.940. The summed E-state index contributed by atoms with van der Waals surface area (Å²) in [5, 5.41) is 2.75. The molecule has 1 unspecified atom stereocenters. The van der Waals surface area contributed by atoms with E-state index in [1.165, 1.54) is 6.07 Å². The molecule has 0 aliphatic carbocycles. The lowest BCUT2D eigenvalue weighted by Gasteiger charge is -2.18. The second-order valence-electron chi connectivity index (χ2n) is 5.13. The van der Waals surface area contributed by atoms with E-state index in [0.717, 1.165) is 12.0 Å². The number of hydrogen-bond acceptors (Lipinski definition) is 2. The maximum Gasteiger partial charge on any atom is 0.228 e. The zero-order valence-electron chi connectivity index (χ0n) is 11.5. The number of carbonyl (C=O) groups excluding carboxylic acids is 1. The molecule has 0 spiro atoms. The van der Waals surface area contributed by atoms with Gasteiger partial charge in [0.2, 0.25) is 5.91 Å². The Morgan fingerprint density at radius 1 is 1.47 bits per heavy atom. The fraction of sp³-hybridized carbons (Fsp3) is 0.500. The lowest BCUT2D eigenvalue weighted by atomic mass is 9.96. The van der Waals surface area contributed by atoms with Gasteiger partial charge in [-0.1, -0.05) is 13.8 Å². The van der Waals surface area contributed by atoms with Crippen LogP contribution in [0, 0.1) is 24.6 Å². The molecule has 0 bridgehead atoms. The van der Waals surface area contributed by atoms with Crippen molar-refractivity contribution in [3.63, 3.8) is 0 Å². The third-order valence-corrected chi connectivity index (χ3v) is 3.54. The molecule has 3 N–H and O–H groups in total. The summed E-state index contributed by atoms with van der Waals surface area (Å²) in [4.78, 5) is 12.1. The zero-order valence-corrected chi connectivity index (χ0v) is 13.1. The van der Waals surface area contributed by atoms with Gasteiger partial charge in [-0.05, 0) is 52.9 Å². The standard InChI is InChI=1S/C14H20BrFN2O/c1-8(2)4-10(7-17)14(19)18-13-6-12(16)11(15)5-9(13)3/h5-6,8,10H,4,7,17H2,1-3H3,(H,18,19). The van der Waals surface area contributed by atoms with Gasteiger partial charge in [-0.2, -0.15) is 0 Å². The largest absolute Gasteiger partial charge is 0.330 e. The van der Waals surface area contributed by atoms with Gasteiger partial charge in [0, 0.05) is 12.2 Å². The summed E-state index contributed by atoms with van der Waals surface area (Å²) in [7, 11) is 0. The van der Waals surface area contributed by atoms with Gasteiger partial charge >= 0.3 is 0 Å². The molecule has 0 saturated carbocycles. The highest BCUT2D eigenvalue weighted by molar-refractivity contribution is 9.10. The van der Waals surface area contributed by atoms with Gasteiger partial charge in [0.25, 0.3) is 0 Å². The average Bonchev–Trinajstić information content (AvgIpc) is 2.32. The Morgan fingerprint density at radius 2 is 2.11 bits per heavy atom. The van der Waals surface area contributed by atoms with Gasteiger partial charge in [-0.25, -0.2) is 4.39 Å². The first kappa shape index (κ1) is 16.1. The number of nitrogens with two attached hydrogens (primary N) is 1. The lowest BCUT2D eigenvalue weighted by molar-refractivity contribution is -0.120. The molecule has 0 heterocycles. The van der Waals surface area contributed by atoms with Crippen molar-refractivity contribution in [1.82, 2.24) is 0 Å². The van der Waals surface area contributed by atoms with Crippen molar-refractivity contribution in [2.45, 2.75) is 27.2 Å². The molecule has 0 radical (unpaired) electrons. The zero-order chi connectivity index (χ0) is 14.6. The molecule has 1 aromatic rings. The van der Waals surface area contributed by atoms with Crippen LogP contribution in [0.4, 0.5) is 10.1 Å². The summed E-state index contributed by atoms with van der Waals surface area (Å²) in [6, 6.07) is 2.96. The highest BCUT2D eigenvalue weighted by Crippen LogP contribution is 2.24. The van der Waals surface area contributed by atoms with E-state index in [1.54, 1.807) is 6.07 Å². The van der Waals surface area contributed by atoms with E-state index >= 15 is 0 Å². The van der Waals surface area contributed by atoms with Gasteiger partial charge in [0.05, 0.1) is 10.4 Å². The highest BCUT2D eigenvalue weighted by Gasteiger charge is 2.19. The topological polar surface area (TPSA) is 55.1 Å². The quantitative estimate of drug-likeness (QED) is 0.868. The molecular formula is C14H20BrFN2O. The van der Waals surface area contributed by atoms with Crippen LogP contribution in [-0.2, 0) is 4.79 Å². The van der Waals surface area contributed by atoms with Gasteiger partial charge in [0.1, 0.15) is 5.82 Å². The maximum absolute atomic E-state index is 13.5. The number of nitrogens with one attached hydrogen (secondary N) is 1. The predicted molar refractivity (Wildman–Crippen MR) is 79.5 cm³/mol. The van der Waals surface area contributed by atoms with E-state index in [1.807, 2.05) is 20.8 Å². The highest BCUT2D eigenvalue weighted by atomic mass is 79.9. The molecule has 0 fully saturated rings. The van der Waals surface area contributed by atoms with Crippen molar-refractivity contribution in [1.29, 1.82) is 0 Å². The van der Waals surface area contributed by atoms with Gasteiger partial charge in [-0.3, -0.25) is 4.79 Å². The van der Waals surface area contributed by atoms with Crippen LogP contribution in [0.25, 0.3) is 0 Å². The summed E-state index contributed by atoms with van der Waals surface area (Å²) in [6.07, 6.45) is 0.723. The van der Waals surface area contributed by atoms with Gasteiger partial charge < -0.3 is 11.1 Å². The molecule has 5 heteroatoms. The van der Waals surface area contributed by atoms with E-state index in [2.05, 4.69) is 21.2 Å². The number of aryl methyl sites for hydroxylation is 1.